The number of aromatic nitrogens is 2. The molecule has 13 heteroatoms. The van der Waals surface area contributed by atoms with Crippen molar-refractivity contribution in [2.75, 3.05) is 21.7 Å². The zero-order valence-electron chi connectivity index (χ0n) is 16.5. The van der Waals surface area contributed by atoms with Crippen LogP contribution in [0.2, 0.25) is 0 Å². The van der Waals surface area contributed by atoms with Gasteiger partial charge >= 0.3 is 0 Å². The number of hydrogen-bond donors (Lipinski definition) is 3. The number of amides is 3. The standard InChI is InChI=1S/C19H16N6O5S2/c1-11(26)20-13-4-6-14(7-5-13)21-16(27)10-31-19-24-23-18(32-19)22-17(28)12-2-8-15(9-3-12)25(29)30/h2-9H,10H2,1H3,(H,20,26)(H,21,27)(H,22,23,28). The molecule has 1 aromatic heterocycles. The lowest BCUT2D eigenvalue weighted by Crippen LogP contribution is -2.14. The van der Waals surface area contributed by atoms with Crippen molar-refractivity contribution in [3.63, 3.8) is 0 Å². The summed E-state index contributed by atoms with van der Waals surface area (Å²) >= 11 is 2.26. The Balaban J connectivity index is 1.48. The molecule has 11 nitrogen and oxygen atoms in total. The summed E-state index contributed by atoms with van der Waals surface area (Å²) in [6.45, 7) is 1.41. The Morgan fingerprint density at radius 2 is 1.59 bits per heavy atom. The lowest BCUT2D eigenvalue weighted by atomic mass is 10.2. The Morgan fingerprint density at radius 1 is 0.969 bits per heavy atom. The second kappa shape index (κ2) is 10.5. The summed E-state index contributed by atoms with van der Waals surface area (Å²) in [7, 11) is 0. The minimum atomic E-state index is -0.549. The molecule has 3 amide bonds. The van der Waals surface area contributed by atoms with Crippen LogP contribution in [0.3, 0.4) is 0 Å². The van der Waals surface area contributed by atoms with Gasteiger partial charge in [0.05, 0.1) is 10.7 Å². The maximum Gasteiger partial charge on any atom is 0.269 e. The van der Waals surface area contributed by atoms with E-state index in [2.05, 4.69) is 26.1 Å². The Morgan fingerprint density at radius 3 is 2.19 bits per heavy atom. The van der Waals surface area contributed by atoms with Gasteiger partial charge in [0, 0.05) is 36.0 Å². The topological polar surface area (TPSA) is 156 Å². The average Bonchev–Trinajstić information content (AvgIpc) is 3.20. The van der Waals surface area contributed by atoms with Crippen molar-refractivity contribution in [1.82, 2.24) is 10.2 Å². The summed E-state index contributed by atoms with van der Waals surface area (Å²) in [6.07, 6.45) is 0. The third-order valence-electron chi connectivity index (χ3n) is 3.78. The highest BCUT2D eigenvalue weighted by Crippen LogP contribution is 2.26. The number of carbonyl (C=O) groups is 3. The molecule has 3 aromatic rings. The van der Waals surface area contributed by atoms with E-state index in [1.54, 1.807) is 24.3 Å². The number of hydrogen-bond acceptors (Lipinski definition) is 9. The summed E-state index contributed by atoms with van der Waals surface area (Å²) in [6, 6.07) is 11.9. The highest BCUT2D eigenvalue weighted by atomic mass is 32.2. The third-order valence-corrected chi connectivity index (χ3v) is 5.76. The van der Waals surface area contributed by atoms with Crippen LogP contribution in [-0.2, 0) is 9.59 Å². The minimum absolute atomic E-state index is 0.0817. The number of nitro groups is 1. The van der Waals surface area contributed by atoms with Crippen LogP contribution in [0.25, 0.3) is 0 Å². The van der Waals surface area contributed by atoms with Crippen LogP contribution in [0.5, 0.6) is 0 Å². The number of rotatable bonds is 8. The van der Waals surface area contributed by atoms with Gasteiger partial charge in [-0.25, -0.2) is 0 Å². The van der Waals surface area contributed by atoms with Gasteiger partial charge in [-0.2, -0.15) is 0 Å². The normalized spacial score (nSPS) is 10.3. The Bertz CT molecular complexity index is 1150. The molecule has 3 N–H and O–H groups in total. The quantitative estimate of drug-likeness (QED) is 0.195. The highest BCUT2D eigenvalue weighted by molar-refractivity contribution is 8.01. The minimum Gasteiger partial charge on any atom is -0.326 e. The summed E-state index contributed by atoms with van der Waals surface area (Å²) in [5.74, 6) is -0.834. The lowest BCUT2D eigenvalue weighted by molar-refractivity contribution is -0.384. The number of anilines is 3. The van der Waals surface area contributed by atoms with Gasteiger partial charge in [0.1, 0.15) is 0 Å². The molecule has 2 aromatic carbocycles. The monoisotopic (exact) mass is 472 g/mol. The van der Waals surface area contributed by atoms with Crippen molar-refractivity contribution in [1.29, 1.82) is 0 Å². The lowest BCUT2D eigenvalue weighted by Gasteiger charge is -2.06. The predicted molar refractivity (Wildman–Crippen MR) is 121 cm³/mol. The van der Waals surface area contributed by atoms with E-state index in [0.717, 1.165) is 23.1 Å². The van der Waals surface area contributed by atoms with Crippen molar-refractivity contribution in [2.24, 2.45) is 0 Å². The molecular weight excluding hydrogens is 456 g/mol. The van der Waals surface area contributed by atoms with Crippen molar-refractivity contribution in [3.05, 3.63) is 64.2 Å². The van der Waals surface area contributed by atoms with Crippen LogP contribution in [0.1, 0.15) is 17.3 Å². The number of benzene rings is 2. The fourth-order valence-corrected chi connectivity index (χ4v) is 3.93. The van der Waals surface area contributed by atoms with Crippen molar-refractivity contribution in [3.8, 4) is 0 Å². The Hall–Kier alpha value is -3.84. The number of nitrogens with zero attached hydrogens (tertiary/aromatic N) is 3. The molecule has 3 rings (SSSR count). The molecule has 1 heterocycles. The molecular formula is C19H16N6O5S2. The predicted octanol–water partition coefficient (Wildman–Crippen LogP) is 3.39. The molecule has 0 radical (unpaired) electrons. The Kier molecular flexibility index (Phi) is 7.46. The number of nitro benzene ring substituents is 1. The van der Waals surface area contributed by atoms with E-state index in [-0.39, 0.29) is 33.9 Å². The molecule has 0 fully saturated rings. The molecule has 0 bridgehead atoms. The molecule has 32 heavy (non-hydrogen) atoms. The third kappa shape index (κ3) is 6.58. The van der Waals surface area contributed by atoms with Crippen LogP contribution in [-0.4, -0.2) is 38.6 Å². The second-order valence-electron chi connectivity index (χ2n) is 6.23. The van der Waals surface area contributed by atoms with E-state index >= 15 is 0 Å². The first-order valence-corrected chi connectivity index (χ1v) is 10.8. The molecule has 164 valence electrons. The first-order chi connectivity index (χ1) is 15.3. The number of non-ortho nitro benzene ring substituents is 1. The first-order valence-electron chi connectivity index (χ1n) is 9.00. The van der Waals surface area contributed by atoms with Crippen LogP contribution < -0.4 is 16.0 Å². The van der Waals surface area contributed by atoms with Crippen LogP contribution in [0.4, 0.5) is 22.2 Å². The van der Waals surface area contributed by atoms with E-state index in [1.165, 1.54) is 31.2 Å². The maximum atomic E-state index is 12.2. The van der Waals surface area contributed by atoms with Gasteiger partial charge in [-0.3, -0.25) is 29.8 Å². The molecule has 0 aliphatic carbocycles. The van der Waals surface area contributed by atoms with Gasteiger partial charge in [0.25, 0.3) is 11.6 Å². The molecule has 0 aliphatic rings. The van der Waals surface area contributed by atoms with Gasteiger partial charge in [-0.05, 0) is 36.4 Å². The SMILES string of the molecule is CC(=O)Nc1ccc(NC(=O)CSc2nnc(NC(=O)c3ccc([N+](=O)[O-])cc3)s2)cc1. The zero-order chi connectivity index (χ0) is 23.1. The van der Waals surface area contributed by atoms with Gasteiger partial charge in [0.2, 0.25) is 16.9 Å². The molecule has 0 spiro atoms. The van der Waals surface area contributed by atoms with Gasteiger partial charge in [0.15, 0.2) is 4.34 Å². The summed E-state index contributed by atoms with van der Waals surface area (Å²) in [5.41, 5.74) is 1.34. The summed E-state index contributed by atoms with van der Waals surface area (Å²) in [4.78, 5) is 45.5. The van der Waals surface area contributed by atoms with Gasteiger partial charge in [-0.15, -0.1) is 10.2 Å². The highest BCUT2D eigenvalue weighted by Gasteiger charge is 2.13. The fourth-order valence-electron chi connectivity index (χ4n) is 2.39. The Labute approximate surface area is 189 Å². The van der Waals surface area contributed by atoms with E-state index < -0.39 is 10.8 Å². The van der Waals surface area contributed by atoms with Crippen LogP contribution >= 0.6 is 23.1 Å². The van der Waals surface area contributed by atoms with Gasteiger partial charge in [-0.1, -0.05) is 23.1 Å². The van der Waals surface area contributed by atoms with E-state index in [9.17, 15) is 24.5 Å². The first kappa shape index (κ1) is 22.8. The van der Waals surface area contributed by atoms with E-state index in [0.29, 0.717) is 15.7 Å². The maximum absolute atomic E-state index is 12.2. The molecule has 0 unspecified atom stereocenters. The second-order valence-corrected chi connectivity index (χ2v) is 8.43. The summed E-state index contributed by atoms with van der Waals surface area (Å²) < 4.78 is 0.486. The van der Waals surface area contributed by atoms with Crippen molar-refractivity contribution < 1.29 is 19.3 Å². The average molecular weight is 473 g/mol. The largest absolute Gasteiger partial charge is 0.326 e. The van der Waals surface area contributed by atoms with Crippen LogP contribution in [0, 0.1) is 10.1 Å². The smallest absolute Gasteiger partial charge is 0.269 e. The zero-order valence-corrected chi connectivity index (χ0v) is 18.2. The van der Waals surface area contributed by atoms with Gasteiger partial charge < -0.3 is 10.6 Å². The van der Waals surface area contributed by atoms with E-state index in [1.807, 2.05) is 0 Å². The number of nitrogens with one attached hydrogen (secondary N) is 3. The van der Waals surface area contributed by atoms with E-state index in [4.69, 9.17) is 0 Å². The number of thioether (sulfide) groups is 1. The molecule has 0 saturated carbocycles. The summed E-state index contributed by atoms with van der Waals surface area (Å²) in [5, 5.41) is 26.6. The fraction of sp³-hybridized carbons (Fsp3) is 0.105. The molecule has 0 saturated heterocycles. The number of carbonyl (C=O) groups excluding carboxylic acids is 3. The molecule has 0 atom stereocenters. The molecule has 0 aliphatic heterocycles. The van der Waals surface area contributed by atoms with Crippen molar-refractivity contribution >= 4 is 63.0 Å². The van der Waals surface area contributed by atoms with Crippen molar-refractivity contribution in [2.45, 2.75) is 11.3 Å². The van der Waals surface area contributed by atoms with Crippen LogP contribution in [0.15, 0.2) is 52.9 Å².